The summed E-state index contributed by atoms with van der Waals surface area (Å²) in [5, 5.41) is 7.19. The molecule has 1 heterocycles. The Bertz CT molecular complexity index is 857. The number of carbonyl (C=O) groups is 2. The molecule has 1 aliphatic heterocycles. The second-order valence-electron chi connectivity index (χ2n) is 6.88. The van der Waals surface area contributed by atoms with Crippen LogP contribution >= 0.6 is 12.4 Å². The SMILES string of the molecule is C=C/C(=C\C=C\CCC(=O)N1CCN(c2ccc(OC)c(OC)c2)CC1)C(F)F.Cl.F.NC(=O)O. The van der Waals surface area contributed by atoms with Crippen molar-refractivity contribution in [3.05, 3.63) is 54.7 Å². The van der Waals surface area contributed by atoms with E-state index in [2.05, 4.69) is 17.2 Å². The van der Waals surface area contributed by atoms with E-state index in [1.54, 1.807) is 26.4 Å². The van der Waals surface area contributed by atoms with Crippen molar-refractivity contribution in [2.75, 3.05) is 45.3 Å². The molecule has 0 saturated carbocycles. The van der Waals surface area contributed by atoms with E-state index in [0.29, 0.717) is 37.4 Å². The second kappa shape index (κ2) is 18.0. The van der Waals surface area contributed by atoms with Gasteiger partial charge in [0.15, 0.2) is 11.5 Å². The van der Waals surface area contributed by atoms with Gasteiger partial charge in [-0.2, -0.15) is 0 Å². The predicted octanol–water partition coefficient (Wildman–Crippen LogP) is 4.26. The average Bonchev–Trinajstić information content (AvgIpc) is 2.80. The van der Waals surface area contributed by atoms with Gasteiger partial charge in [-0.3, -0.25) is 9.50 Å². The van der Waals surface area contributed by atoms with Crippen LogP contribution in [-0.4, -0.2) is 68.8 Å². The number of rotatable bonds is 9. The molecule has 0 aliphatic carbocycles. The monoisotopic (exact) mass is 523 g/mol. The molecule has 3 N–H and O–H groups in total. The number of allylic oxidation sites excluding steroid dienone is 5. The molecule has 0 unspecified atom stereocenters. The smallest absolute Gasteiger partial charge is 0.402 e. The number of piperazine rings is 1. The Morgan fingerprint density at radius 1 is 1.17 bits per heavy atom. The molecular weight excluding hydrogens is 491 g/mol. The lowest BCUT2D eigenvalue weighted by Crippen LogP contribution is -2.48. The molecule has 35 heavy (non-hydrogen) atoms. The van der Waals surface area contributed by atoms with Crippen LogP contribution in [0.3, 0.4) is 0 Å². The number of alkyl halides is 2. The van der Waals surface area contributed by atoms with Gasteiger partial charge in [-0.1, -0.05) is 30.9 Å². The van der Waals surface area contributed by atoms with Gasteiger partial charge in [-0.15, -0.1) is 12.4 Å². The standard InChI is InChI=1S/C22H28F2N2O3.CH3NO2.ClH.FH/c1-4-17(22(23)24)8-6-5-7-9-21(27)26-14-12-25(13-15-26)18-10-11-19(28-2)20(16-18)29-3;2-1(3)4;;/h4-6,8,10-11,16,22H,1,7,9,12-15H2,2-3H3;2H2,(H,3,4);2*1H/b6-5+,17-8+;;;. The number of methoxy groups -OCH3 is 2. The fourth-order valence-electron chi connectivity index (χ4n) is 3.11. The Hall–Kier alpha value is -3.34. The Kier molecular flexibility index (Phi) is 17.4. The molecule has 1 aromatic carbocycles. The maximum Gasteiger partial charge on any atom is 0.402 e. The molecule has 198 valence electrons. The summed E-state index contributed by atoms with van der Waals surface area (Å²) in [6.45, 7) is 6.11. The van der Waals surface area contributed by atoms with Gasteiger partial charge in [0.2, 0.25) is 5.91 Å². The van der Waals surface area contributed by atoms with Crippen molar-refractivity contribution in [1.29, 1.82) is 0 Å². The van der Waals surface area contributed by atoms with E-state index in [1.807, 2.05) is 23.1 Å². The Labute approximate surface area is 209 Å². The molecule has 1 aromatic rings. The third-order valence-electron chi connectivity index (χ3n) is 4.80. The van der Waals surface area contributed by atoms with Crippen molar-refractivity contribution in [2.45, 2.75) is 19.3 Å². The van der Waals surface area contributed by atoms with Gasteiger partial charge in [-0.25, -0.2) is 13.6 Å². The highest BCUT2D eigenvalue weighted by Crippen LogP contribution is 2.31. The number of halogens is 4. The summed E-state index contributed by atoms with van der Waals surface area (Å²) in [5.74, 6) is 1.43. The van der Waals surface area contributed by atoms with Gasteiger partial charge in [0, 0.05) is 49.9 Å². The lowest BCUT2D eigenvalue weighted by atomic mass is 10.2. The number of amides is 2. The van der Waals surface area contributed by atoms with Crippen LogP contribution in [0.1, 0.15) is 12.8 Å². The van der Waals surface area contributed by atoms with E-state index in [0.717, 1.165) is 24.9 Å². The number of nitrogens with zero attached hydrogens (tertiary/aromatic N) is 2. The van der Waals surface area contributed by atoms with Crippen molar-refractivity contribution in [3.63, 3.8) is 0 Å². The predicted molar refractivity (Wildman–Crippen MR) is 133 cm³/mol. The number of ether oxygens (including phenoxy) is 2. The quantitative estimate of drug-likeness (QED) is 0.468. The second-order valence-corrected chi connectivity index (χ2v) is 6.88. The molecule has 1 fully saturated rings. The number of carboxylic acid groups (broad SMARTS) is 1. The molecule has 0 atom stereocenters. The molecule has 0 bridgehead atoms. The van der Waals surface area contributed by atoms with Crippen molar-refractivity contribution < 1.29 is 37.7 Å². The van der Waals surface area contributed by atoms with E-state index in [4.69, 9.17) is 19.4 Å². The van der Waals surface area contributed by atoms with Gasteiger partial charge in [0.1, 0.15) is 0 Å². The van der Waals surface area contributed by atoms with E-state index >= 15 is 0 Å². The highest BCUT2D eigenvalue weighted by atomic mass is 35.5. The number of primary amides is 1. The summed E-state index contributed by atoms with van der Waals surface area (Å²) in [7, 11) is 3.21. The topological polar surface area (TPSA) is 105 Å². The van der Waals surface area contributed by atoms with Crippen LogP contribution in [0.25, 0.3) is 0 Å². The van der Waals surface area contributed by atoms with Crippen molar-refractivity contribution in [3.8, 4) is 11.5 Å². The highest BCUT2D eigenvalue weighted by molar-refractivity contribution is 5.85. The molecule has 8 nitrogen and oxygen atoms in total. The first-order valence-electron chi connectivity index (χ1n) is 10.2. The number of carbonyl (C=O) groups excluding carboxylic acids is 1. The van der Waals surface area contributed by atoms with Crippen LogP contribution in [0.15, 0.2) is 54.7 Å². The number of hydrogen-bond acceptors (Lipinski definition) is 5. The van der Waals surface area contributed by atoms with E-state index in [1.165, 1.54) is 6.08 Å². The van der Waals surface area contributed by atoms with Crippen LogP contribution in [0, 0.1) is 0 Å². The average molecular weight is 524 g/mol. The zero-order valence-corrected chi connectivity index (χ0v) is 20.5. The first kappa shape index (κ1) is 33.8. The van der Waals surface area contributed by atoms with E-state index in [-0.39, 0.29) is 28.6 Å². The first-order valence-corrected chi connectivity index (χ1v) is 10.2. The third kappa shape index (κ3) is 12.1. The molecule has 0 spiro atoms. The summed E-state index contributed by atoms with van der Waals surface area (Å²) >= 11 is 0. The van der Waals surface area contributed by atoms with Crippen LogP contribution in [-0.2, 0) is 4.79 Å². The minimum absolute atomic E-state index is 0. The molecule has 0 radical (unpaired) electrons. The molecule has 2 amide bonds. The number of anilines is 1. The third-order valence-corrected chi connectivity index (χ3v) is 4.80. The highest BCUT2D eigenvalue weighted by Gasteiger charge is 2.21. The van der Waals surface area contributed by atoms with Gasteiger partial charge < -0.3 is 30.1 Å². The van der Waals surface area contributed by atoms with Crippen LogP contribution in [0.5, 0.6) is 11.5 Å². The summed E-state index contributed by atoms with van der Waals surface area (Å²) in [5.41, 5.74) is 4.93. The van der Waals surface area contributed by atoms with Crippen molar-refractivity contribution >= 4 is 30.1 Å². The lowest BCUT2D eigenvalue weighted by Gasteiger charge is -2.36. The number of benzene rings is 1. The van der Waals surface area contributed by atoms with E-state index < -0.39 is 12.5 Å². The minimum atomic E-state index is -2.54. The fourth-order valence-corrected chi connectivity index (χ4v) is 3.11. The van der Waals surface area contributed by atoms with Crippen molar-refractivity contribution in [1.82, 2.24) is 4.90 Å². The van der Waals surface area contributed by atoms with Gasteiger partial charge >= 0.3 is 6.09 Å². The van der Waals surface area contributed by atoms with Gasteiger partial charge in [-0.05, 0) is 18.6 Å². The lowest BCUT2D eigenvalue weighted by molar-refractivity contribution is -0.131. The molecule has 1 saturated heterocycles. The zero-order chi connectivity index (χ0) is 24.8. The molecule has 12 heteroatoms. The minimum Gasteiger partial charge on any atom is -0.493 e. The summed E-state index contributed by atoms with van der Waals surface area (Å²) in [6.07, 6.45) is 2.73. The van der Waals surface area contributed by atoms with Crippen LogP contribution < -0.4 is 20.1 Å². The Morgan fingerprint density at radius 2 is 1.74 bits per heavy atom. The summed E-state index contributed by atoms with van der Waals surface area (Å²) < 4.78 is 35.7. The van der Waals surface area contributed by atoms with Crippen LogP contribution in [0.2, 0.25) is 0 Å². The molecule has 1 aliphatic rings. The fraction of sp³-hybridized carbons (Fsp3) is 0.391. The molecule has 2 rings (SSSR count). The Morgan fingerprint density at radius 3 is 2.23 bits per heavy atom. The number of nitrogens with two attached hydrogens (primary N) is 1. The Balaban J connectivity index is 0. The number of hydrogen-bond donors (Lipinski definition) is 2. The maximum atomic E-state index is 12.6. The van der Waals surface area contributed by atoms with E-state index in [9.17, 15) is 13.6 Å². The van der Waals surface area contributed by atoms with Crippen molar-refractivity contribution in [2.24, 2.45) is 5.73 Å². The summed E-state index contributed by atoms with van der Waals surface area (Å²) in [6, 6.07) is 5.79. The van der Waals surface area contributed by atoms with Crippen LogP contribution in [0.4, 0.5) is 24.0 Å². The normalized spacial score (nSPS) is 13.2. The van der Waals surface area contributed by atoms with Gasteiger partial charge in [0.25, 0.3) is 6.43 Å². The van der Waals surface area contributed by atoms with Gasteiger partial charge in [0.05, 0.1) is 14.2 Å². The first-order chi connectivity index (χ1) is 15.7. The largest absolute Gasteiger partial charge is 0.493 e. The molecule has 0 aromatic heterocycles. The molecular formula is C23H33ClF3N3O5. The zero-order valence-electron chi connectivity index (χ0n) is 19.7. The summed E-state index contributed by atoms with van der Waals surface area (Å²) in [4.78, 5) is 25.2. The maximum absolute atomic E-state index is 12.6.